The number of carbonyl (C=O) groups is 2. The zero-order chi connectivity index (χ0) is 24.3. The first-order valence-electron chi connectivity index (χ1n) is 10.2. The molecule has 9 nitrogen and oxygen atoms in total. The van der Waals surface area contributed by atoms with Gasteiger partial charge in [-0.25, -0.2) is 0 Å². The van der Waals surface area contributed by atoms with Crippen LogP contribution in [-0.4, -0.2) is 24.9 Å². The topological polar surface area (TPSA) is 125 Å². The lowest BCUT2D eigenvalue weighted by Gasteiger charge is -2.37. The maximum absolute atomic E-state index is 11.9. The van der Waals surface area contributed by atoms with E-state index >= 15 is 0 Å². The third kappa shape index (κ3) is 3.52. The van der Waals surface area contributed by atoms with Gasteiger partial charge in [-0.15, -0.1) is 0 Å². The first kappa shape index (κ1) is 22.1. The SMILES string of the molecule is CC(=O)Oc1ccc2c(c1)Oc1cc(OC(C)=O)ccc1C21OCc2ccc(S(=O)(=O)O)cc21. The maximum atomic E-state index is 11.9. The average molecular weight is 482 g/mol. The second kappa shape index (κ2) is 7.66. The summed E-state index contributed by atoms with van der Waals surface area (Å²) in [6.45, 7) is 2.71. The number of hydrogen-bond acceptors (Lipinski definition) is 8. The highest BCUT2D eigenvalue weighted by atomic mass is 32.2. The molecule has 5 rings (SSSR count). The lowest BCUT2D eigenvalue weighted by Crippen LogP contribution is -2.32. The third-order valence-corrected chi connectivity index (χ3v) is 6.46. The summed E-state index contributed by atoms with van der Waals surface area (Å²) < 4.78 is 56.2. The smallest absolute Gasteiger partial charge is 0.308 e. The van der Waals surface area contributed by atoms with Gasteiger partial charge in [-0.2, -0.15) is 8.42 Å². The molecule has 3 aromatic rings. The van der Waals surface area contributed by atoms with E-state index in [2.05, 4.69) is 0 Å². The summed E-state index contributed by atoms with van der Waals surface area (Å²) in [5.41, 5.74) is 1.03. The largest absolute Gasteiger partial charge is 0.456 e. The van der Waals surface area contributed by atoms with Crippen LogP contribution in [-0.2, 0) is 36.7 Å². The van der Waals surface area contributed by atoms with Crippen molar-refractivity contribution < 1.29 is 41.5 Å². The van der Waals surface area contributed by atoms with Gasteiger partial charge < -0.3 is 18.9 Å². The van der Waals surface area contributed by atoms with Gasteiger partial charge in [0.1, 0.15) is 23.0 Å². The van der Waals surface area contributed by atoms with Crippen molar-refractivity contribution in [3.05, 3.63) is 76.9 Å². The van der Waals surface area contributed by atoms with Gasteiger partial charge >= 0.3 is 11.9 Å². The van der Waals surface area contributed by atoms with Crippen LogP contribution in [0.5, 0.6) is 23.0 Å². The van der Waals surface area contributed by atoms with E-state index in [9.17, 15) is 22.6 Å². The summed E-state index contributed by atoms with van der Waals surface area (Å²) >= 11 is 0. The Hall–Kier alpha value is -3.73. The van der Waals surface area contributed by atoms with E-state index in [1.54, 1.807) is 30.3 Å². The molecule has 0 saturated heterocycles. The molecule has 0 amide bonds. The lowest BCUT2D eigenvalue weighted by atomic mass is 9.77. The van der Waals surface area contributed by atoms with Crippen LogP contribution in [0.3, 0.4) is 0 Å². The van der Waals surface area contributed by atoms with Crippen LogP contribution in [0.2, 0.25) is 0 Å². The summed E-state index contributed by atoms with van der Waals surface area (Å²) in [7, 11) is -4.48. The van der Waals surface area contributed by atoms with Gasteiger partial charge in [0, 0.05) is 37.1 Å². The predicted octanol–water partition coefficient (Wildman–Crippen LogP) is 3.71. The van der Waals surface area contributed by atoms with Crippen LogP contribution in [0.15, 0.2) is 59.5 Å². The third-order valence-electron chi connectivity index (χ3n) is 5.61. The molecule has 0 aliphatic carbocycles. The number of fused-ring (bicyclic) bond motifs is 6. The van der Waals surface area contributed by atoms with Crippen LogP contribution in [0.4, 0.5) is 0 Å². The summed E-state index contributed by atoms with van der Waals surface area (Å²) in [5.74, 6) is 0.0657. The van der Waals surface area contributed by atoms with Gasteiger partial charge in [0.05, 0.1) is 11.5 Å². The first-order chi connectivity index (χ1) is 16.1. The Morgan fingerprint density at radius 3 is 1.91 bits per heavy atom. The van der Waals surface area contributed by atoms with Crippen molar-refractivity contribution in [1.29, 1.82) is 0 Å². The molecule has 0 fully saturated rings. The van der Waals surface area contributed by atoms with Crippen LogP contribution < -0.4 is 14.2 Å². The molecule has 0 unspecified atom stereocenters. The van der Waals surface area contributed by atoms with E-state index in [4.69, 9.17) is 18.9 Å². The Kier molecular flexibility index (Phi) is 4.97. The normalized spacial score (nSPS) is 15.0. The van der Waals surface area contributed by atoms with Crippen molar-refractivity contribution in [2.24, 2.45) is 0 Å². The molecule has 1 spiro atoms. The standard InChI is InChI=1S/C24H18O9S/c1-13(25)31-16-4-7-19-22(9-16)33-23-10-17(32-14(2)26)5-8-20(23)24(19)21-11-18(34(27,28)29)6-3-15(21)12-30-24/h3-11H,12H2,1-2H3,(H,27,28,29). The number of ether oxygens (including phenoxy) is 4. The highest BCUT2D eigenvalue weighted by molar-refractivity contribution is 7.85. The van der Waals surface area contributed by atoms with E-state index in [-0.39, 0.29) is 23.0 Å². The predicted molar refractivity (Wildman–Crippen MR) is 117 cm³/mol. The fraction of sp³-hybridized carbons (Fsp3) is 0.167. The summed E-state index contributed by atoms with van der Waals surface area (Å²) in [6, 6.07) is 13.8. The number of carbonyl (C=O) groups excluding carboxylic acids is 2. The van der Waals surface area contributed by atoms with Gasteiger partial charge in [0.25, 0.3) is 10.1 Å². The molecule has 10 heteroatoms. The number of benzene rings is 3. The highest BCUT2D eigenvalue weighted by Crippen LogP contribution is 2.57. The van der Waals surface area contributed by atoms with Gasteiger partial charge in [0.2, 0.25) is 0 Å². The molecule has 0 radical (unpaired) electrons. The Bertz CT molecular complexity index is 1410. The Morgan fingerprint density at radius 2 is 1.41 bits per heavy atom. The van der Waals surface area contributed by atoms with Crippen molar-refractivity contribution in [2.45, 2.75) is 31.0 Å². The van der Waals surface area contributed by atoms with Crippen molar-refractivity contribution in [3.8, 4) is 23.0 Å². The maximum Gasteiger partial charge on any atom is 0.308 e. The van der Waals surface area contributed by atoms with Crippen molar-refractivity contribution >= 4 is 22.1 Å². The van der Waals surface area contributed by atoms with Crippen molar-refractivity contribution in [3.63, 3.8) is 0 Å². The molecule has 0 saturated carbocycles. The summed E-state index contributed by atoms with van der Waals surface area (Å²) in [4.78, 5) is 22.6. The molecule has 174 valence electrons. The zero-order valence-electron chi connectivity index (χ0n) is 18.0. The minimum atomic E-state index is -4.48. The average Bonchev–Trinajstić information content (AvgIpc) is 3.11. The van der Waals surface area contributed by atoms with E-state index in [0.29, 0.717) is 28.2 Å². The monoisotopic (exact) mass is 482 g/mol. The van der Waals surface area contributed by atoms with E-state index in [0.717, 1.165) is 5.56 Å². The second-order valence-corrected chi connectivity index (χ2v) is 9.29. The second-order valence-electron chi connectivity index (χ2n) is 7.87. The zero-order valence-corrected chi connectivity index (χ0v) is 18.8. The molecule has 0 atom stereocenters. The van der Waals surface area contributed by atoms with Crippen LogP contribution in [0.1, 0.15) is 36.1 Å². The number of esters is 2. The molecule has 3 aromatic carbocycles. The Morgan fingerprint density at radius 1 is 0.853 bits per heavy atom. The molecular weight excluding hydrogens is 464 g/mol. The molecular formula is C24H18O9S. The summed E-state index contributed by atoms with van der Waals surface area (Å²) in [5, 5.41) is 0. The van der Waals surface area contributed by atoms with Crippen LogP contribution in [0, 0.1) is 0 Å². The van der Waals surface area contributed by atoms with Crippen LogP contribution in [0.25, 0.3) is 0 Å². The quantitative estimate of drug-likeness (QED) is 0.338. The molecule has 34 heavy (non-hydrogen) atoms. The molecule has 1 N–H and O–H groups in total. The molecule has 0 aromatic heterocycles. The van der Waals surface area contributed by atoms with Crippen LogP contribution >= 0.6 is 0 Å². The molecule has 2 aliphatic rings. The minimum Gasteiger partial charge on any atom is -0.456 e. The van der Waals surface area contributed by atoms with E-state index in [1.807, 2.05) is 0 Å². The minimum absolute atomic E-state index is 0.164. The fourth-order valence-corrected chi connectivity index (χ4v) is 4.86. The van der Waals surface area contributed by atoms with Crippen molar-refractivity contribution in [2.75, 3.05) is 0 Å². The molecule has 2 heterocycles. The highest BCUT2D eigenvalue weighted by Gasteiger charge is 2.50. The van der Waals surface area contributed by atoms with Crippen molar-refractivity contribution in [1.82, 2.24) is 0 Å². The Labute approximate surface area is 194 Å². The summed E-state index contributed by atoms with van der Waals surface area (Å²) in [6.07, 6.45) is 0. The lowest BCUT2D eigenvalue weighted by molar-refractivity contribution is -0.132. The molecule has 0 bridgehead atoms. The van der Waals surface area contributed by atoms with E-state index in [1.165, 1.54) is 38.1 Å². The number of rotatable bonds is 3. The van der Waals surface area contributed by atoms with Gasteiger partial charge in [-0.3, -0.25) is 14.1 Å². The van der Waals surface area contributed by atoms with E-state index < -0.39 is 27.7 Å². The number of hydrogen-bond donors (Lipinski definition) is 1. The molecule has 2 aliphatic heterocycles. The first-order valence-corrected chi connectivity index (χ1v) is 11.6. The Balaban J connectivity index is 1.77. The van der Waals surface area contributed by atoms with Gasteiger partial charge in [-0.05, 0) is 47.5 Å². The van der Waals surface area contributed by atoms with Gasteiger partial charge in [0.15, 0.2) is 5.60 Å². The van der Waals surface area contributed by atoms with Gasteiger partial charge in [-0.1, -0.05) is 6.07 Å². The fourth-order valence-electron chi connectivity index (χ4n) is 4.36.